The molecule has 0 aliphatic carbocycles. The lowest BCUT2D eigenvalue weighted by molar-refractivity contribution is -0.111. The van der Waals surface area contributed by atoms with Gasteiger partial charge in [0.05, 0.1) is 10.6 Å². The minimum absolute atomic E-state index is 0.0920. The molecule has 7 nitrogen and oxygen atoms in total. The van der Waals surface area contributed by atoms with Gasteiger partial charge in [-0.3, -0.25) is 9.52 Å². The maximum absolute atomic E-state index is 12.9. The largest absolute Gasteiger partial charge is 0.454 e. The van der Waals surface area contributed by atoms with Crippen molar-refractivity contribution in [1.29, 1.82) is 0 Å². The molecule has 1 heterocycles. The summed E-state index contributed by atoms with van der Waals surface area (Å²) in [7, 11) is -3.80. The molecule has 1 aliphatic heterocycles. The fourth-order valence-corrected chi connectivity index (χ4v) is 4.69. The minimum atomic E-state index is -3.80. The van der Waals surface area contributed by atoms with Crippen LogP contribution in [0.3, 0.4) is 0 Å². The highest BCUT2D eigenvalue weighted by molar-refractivity contribution is 7.92. The van der Waals surface area contributed by atoms with Crippen molar-refractivity contribution in [3.63, 3.8) is 0 Å². The van der Waals surface area contributed by atoms with E-state index in [-0.39, 0.29) is 17.6 Å². The molecule has 170 valence electrons. The monoisotopic (exact) mass is 472 g/mol. The number of amides is 1. The van der Waals surface area contributed by atoms with Crippen LogP contribution in [0.25, 0.3) is 16.8 Å². The van der Waals surface area contributed by atoms with Crippen LogP contribution in [0, 0.1) is 0 Å². The predicted octanol–water partition coefficient (Wildman–Crippen LogP) is 5.02. The van der Waals surface area contributed by atoms with E-state index in [0.29, 0.717) is 22.9 Å². The summed E-state index contributed by atoms with van der Waals surface area (Å²) in [4.78, 5) is 12.4. The zero-order valence-corrected chi connectivity index (χ0v) is 18.7. The van der Waals surface area contributed by atoms with E-state index in [1.54, 1.807) is 42.5 Å². The Labute approximate surface area is 196 Å². The summed E-state index contributed by atoms with van der Waals surface area (Å²) < 4.78 is 39.0. The average molecular weight is 473 g/mol. The Kier molecular flexibility index (Phi) is 5.65. The molecule has 0 spiro atoms. The molecule has 34 heavy (non-hydrogen) atoms. The van der Waals surface area contributed by atoms with Crippen LogP contribution >= 0.6 is 0 Å². The third kappa shape index (κ3) is 4.57. The van der Waals surface area contributed by atoms with E-state index in [2.05, 4.69) is 10.0 Å². The fourth-order valence-electron chi connectivity index (χ4n) is 3.61. The first-order valence-corrected chi connectivity index (χ1v) is 12.0. The Morgan fingerprint density at radius 3 is 2.47 bits per heavy atom. The van der Waals surface area contributed by atoms with Gasteiger partial charge in [-0.15, -0.1) is 0 Å². The molecule has 0 saturated heterocycles. The molecule has 8 heteroatoms. The summed E-state index contributed by atoms with van der Waals surface area (Å²) in [5.41, 5.74) is 1.77. The highest BCUT2D eigenvalue weighted by atomic mass is 32.2. The molecule has 0 radical (unpaired) electrons. The summed E-state index contributed by atoms with van der Waals surface area (Å²) in [6.45, 7) is 0.187. The standard InChI is InChI=1S/C26H20N2O5S/c29-26(15-9-18-8-14-24-25(16-18)33-17-32-24)27-20-10-12-21(13-11-20)34(30,31)28-23-7-3-5-19-4-1-2-6-22(19)23/h1-16,28H,17H2,(H,27,29)/b15-9+. The molecule has 0 fully saturated rings. The topological polar surface area (TPSA) is 93.7 Å². The summed E-state index contributed by atoms with van der Waals surface area (Å²) in [6, 6.07) is 24.4. The Hall–Kier alpha value is -4.30. The van der Waals surface area contributed by atoms with Crippen molar-refractivity contribution in [3.8, 4) is 11.5 Å². The number of sulfonamides is 1. The Morgan fingerprint density at radius 2 is 1.62 bits per heavy atom. The first-order chi connectivity index (χ1) is 16.5. The van der Waals surface area contributed by atoms with E-state index in [1.165, 1.54) is 18.2 Å². The lowest BCUT2D eigenvalue weighted by Gasteiger charge is -2.11. The molecule has 0 unspecified atom stereocenters. The van der Waals surface area contributed by atoms with Gasteiger partial charge in [0.2, 0.25) is 12.7 Å². The Balaban J connectivity index is 1.26. The third-order valence-electron chi connectivity index (χ3n) is 5.29. The summed E-state index contributed by atoms with van der Waals surface area (Å²) >= 11 is 0. The molecular formula is C26H20N2O5S. The van der Waals surface area contributed by atoms with Crippen LogP contribution in [0.2, 0.25) is 0 Å². The van der Waals surface area contributed by atoms with Crippen LogP contribution in [-0.4, -0.2) is 21.1 Å². The van der Waals surface area contributed by atoms with Gasteiger partial charge in [-0.1, -0.05) is 42.5 Å². The minimum Gasteiger partial charge on any atom is -0.454 e. The van der Waals surface area contributed by atoms with Crippen LogP contribution in [0.5, 0.6) is 11.5 Å². The first kappa shape index (κ1) is 21.5. The van der Waals surface area contributed by atoms with E-state index in [4.69, 9.17) is 9.47 Å². The highest BCUT2D eigenvalue weighted by Crippen LogP contribution is 2.32. The second-order valence-corrected chi connectivity index (χ2v) is 9.27. The van der Waals surface area contributed by atoms with Gasteiger partial charge in [0.1, 0.15) is 0 Å². The number of carbonyl (C=O) groups is 1. The second-order valence-electron chi connectivity index (χ2n) is 7.59. The summed E-state index contributed by atoms with van der Waals surface area (Å²) in [5, 5.41) is 4.47. The molecule has 0 aromatic heterocycles. The van der Waals surface area contributed by atoms with E-state index >= 15 is 0 Å². The highest BCUT2D eigenvalue weighted by Gasteiger charge is 2.16. The van der Waals surface area contributed by atoms with Crippen molar-refractivity contribution in [2.75, 3.05) is 16.8 Å². The van der Waals surface area contributed by atoms with E-state index in [1.807, 2.05) is 36.4 Å². The molecule has 0 atom stereocenters. The average Bonchev–Trinajstić information content (AvgIpc) is 3.31. The van der Waals surface area contributed by atoms with Crippen molar-refractivity contribution in [3.05, 3.63) is 96.6 Å². The maximum Gasteiger partial charge on any atom is 0.261 e. The second kappa shape index (κ2) is 8.92. The number of ether oxygens (including phenoxy) is 2. The Morgan fingerprint density at radius 1 is 0.853 bits per heavy atom. The number of carbonyl (C=O) groups excluding carboxylic acids is 1. The van der Waals surface area contributed by atoms with Crippen LogP contribution in [0.15, 0.2) is 95.9 Å². The lowest BCUT2D eigenvalue weighted by Crippen LogP contribution is -2.13. The van der Waals surface area contributed by atoms with Crippen molar-refractivity contribution in [2.24, 2.45) is 0 Å². The van der Waals surface area contributed by atoms with E-state index < -0.39 is 10.0 Å². The molecule has 2 N–H and O–H groups in total. The molecule has 5 rings (SSSR count). The number of benzene rings is 4. The van der Waals surface area contributed by atoms with Crippen LogP contribution < -0.4 is 19.5 Å². The van der Waals surface area contributed by atoms with Crippen LogP contribution in [0.4, 0.5) is 11.4 Å². The molecule has 1 amide bonds. The normalized spacial score (nSPS) is 12.7. The molecule has 4 aromatic rings. The van der Waals surface area contributed by atoms with E-state index in [9.17, 15) is 13.2 Å². The predicted molar refractivity (Wildman–Crippen MR) is 131 cm³/mol. The van der Waals surface area contributed by atoms with Crippen molar-refractivity contribution < 1.29 is 22.7 Å². The number of fused-ring (bicyclic) bond motifs is 2. The van der Waals surface area contributed by atoms with Crippen LogP contribution in [0.1, 0.15) is 5.56 Å². The summed E-state index contributed by atoms with van der Waals surface area (Å²) in [6.07, 6.45) is 3.05. The van der Waals surface area contributed by atoms with Gasteiger partial charge in [0.15, 0.2) is 11.5 Å². The van der Waals surface area contributed by atoms with Gasteiger partial charge in [0.25, 0.3) is 10.0 Å². The zero-order chi connectivity index (χ0) is 23.5. The zero-order valence-electron chi connectivity index (χ0n) is 17.9. The number of anilines is 2. The smallest absolute Gasteiger partial charge is 0.261 e. The fraction of sp³-hybridized carbons (Fsp3) is 0.0385. The number of hydrogen-bond acceptors (Lipinski definition) is 5. The molecule has 1 aliphatic rings. The van der Waals surface area contributed by atoms with Gasteiger partial charge < -0.3 is 14.8 Å². The van der Waals surface area contributed by atoms with Gasteiger partial charge >= 0.3 is 0 Å². The molecule has 4 aromatic carbocycles. The third-order valence-corrected chi connectivity index (χ3v) is 6.67. The SMILES string of the molecule is O=C(/C=C/c1ccc2c(c1)OCO2)Nc1ccc(S(=O)(=O)Nc2cccc3ccccc23)cc1. The Bertz CT molecular complexity index is 1510. The molecule has 0 saturated carbocycles. The molecular weight excluding hydrogens is 452 g/mol. The van der Waals surface area contributed by atoms with Gasteiger partial charge in [-0.2, -0.15) is 0 Å². The van der Waals surface area contributed by atoms with Crippen molar-refractivity contribution >= 4 is 44.2 Å². The maximum atomic E-state index is 12.9. The van der Waals surface area contributed by atoms with Gasteiger partial charge in [0, 0.05) is 17.1 Å². The van der Waals surface area contributed by atoms with Crippen molar-refractivity contribution in [2.45, 2.75) is 4.90 Å². The number of hydrogen-bond donors (Lipinski definition) is 2. The van der Waals surface area contributed by atoms with Crippen molar-refractivity contribution in [1.82, 2.24) is 0 Å². The quantitative estimate of drug-likeness (QED) is 0.384. The number of nitrogens with one attached hydrogen (secondary N) is 2. The lowest BCUT2D eigenvalue weighted by atomic mass is 10.1. The number of rotatable bonds is 6. The van der Waals surface area contributed by atoms with Gasteiger partial charge in [-0.25, -0.2) is 8.42 Å². The molecule has 0 bridgehead atoms. The van der Waals surface area contributed by atoms with E-state index in [0.717, 1.165) is 16.3 Å². The summed E-state index contributed by atoms with van der Waals surface area (Å²) in [5.74, 6) is 0.963. The van der Waals surface area contributed by atoms with Crippen LogP contribution in [-0.2, 0) is 14.8 Å². The first-order valence-electron chi connectivity index (χ1n) is 10.5. The van der Waals surface area contributed by atoms with Gasteiger partial charge in [-0.05, 0) is 59.5 Å².